The fourth-order valence-corrected chi connectivity index (χ4v) is 6.68. The number of hydrogen-bond acceptors (Lipinski definition) is 6. The summed E-state index contributed by atoms with van der Waals surface area (Å²) in [5.74, 6) is 2.55. The van der Waals surface area contributed by atoms with Crippen LogP contribution in [0.1, 0.15) is 48.0 Å². The highest BCUT2D eigenvalue weighted by Crippen LogP contribution is 2.40. The van der Waals surface area contributed by atoms with Gasteiger partial charge in [-0.1, -0.05) is 88.0 Å². The van der Waals surface area contributed by atoms with E-state index in [0.717, 1.165) is 23.1 Å². The third-order valence-electron chi connectivity index (χ3n) is 7.22. The number of rotatable bonds is 7. The molecule has 0 bridgehead atoms. The van der Waals surface area contributed by atoms with Crippen LogP contribution in [0.5, 0.6) is 11.5 Å². The Bertz CT molecular complexity index is 1880. The highest BCUT2D eigenvalue weighted by molar-refractivity contribution is 7.99. The van der Waals surface area contributed by atoms with Crippen molar-refractivity contribution in [3.8, 4) is 34.3 Å². The van der Waals surface area contributed by atoms with Gasteiger partial charge in [0.25, 0.3) is 0 Å². The third kappa shape index (κ3) is 5.41. The summed E-state index contributed by atoms with van der Waals surface area (Å²) in [5, 5.41) is 18.9. The zero-order valence-corrected chi connectivity index (χ0v) is 25.3. The normalized spacial score (nSPS) is 12.5. The van der Waals surface area contributed by atoms with E-state index in [-0.39, 0.29) is 16.8 Å². The van der Waals surface area contributed by atoms with E-state index in [1.807, 2.05) is 12.1 Å². The van der Waals surface area contributed by atoms with Gasteiger partial charge in [0.2, 0.25) is 0 Å². The lowest BCUT2D eigenvalue weighted by Crippen LogP contribution is -2.33. The summed E-state index contributed by atoms with van der Waals surface area (Å²) in [5.41, 5.74) is 1.23. The Morgan fingerprint density at radius 3 is 2.00 bits per heavy atom. The Balaban J connectivity index is 1.45. The number of hydrogen-bond donors (Lipinski definition) is 1. The predicted molar refractivity (Wildman–Crippen MR) is 171 cm³/mol. The van der Waals surface area contributed by atoms with Gasteiger partial charge in [-0.05, 0) is 82.0 Å². The first-order chi connectivity index (χ1) is 19.5. The van der Waals surface area contributed by atoms with Gasteiger partial charge in [0.15, 0.2) is 16.8 Å². The fourth-order valence-electron chi connectivity index (χ4n) is 6.12. The maximum Gasteiger partial charge on any atom is 0.191 e. The molecule has 0 amide bonds. The average Bonchev–Trinajstić information content (AvgIpc) is 2.90. The van der Waals surface area contributed by atoms with Crippen LogP contribution in [0.4, 0.5) is 0 Å². The molecule has 1 aromatic heterocycles. The maximum atomic E-state index is 11.1. The minimum Gasteiger partial charge on any atom is -0.507 e. The summed E-state index contributed by atoms with van der Waals surface area (Å²) in [6.45, 7) is 12.8. The fraction of sp³-hybridized carbons (Fsp3) is 0.286. The van der Waals surface area contributed by atoms with Gasteiger partial charge in [-0.25, -0.2) is 15.0 Å². The first-order valence-corrected chi connectivity index (χ1v) is 15.1. The Morgan fingerprint density at radius 2 is 1.34 bits per heavy atom. The first-order valence-electron chi connectivity index (χ1n) is 14.1. The largest absolute Gasteiger partial charge is 0.507 e. The van der Waals surface area contributed by atoms with Gasteiger partial charge in [-0.15, -0.1) is 0 Å². The van der Waals surface area contributed by atoms with E-state index < -0.39 is 0 Å². The van der Waals surface area contributed by atoms with E-state index in [1.165, 1.54) is 26.9 Å². The number of benzene rings is 5. The van der Waals surface area contributed by atoms with E-state index in [9.17, 15) is 5.11 Å². The number of ether oxygens (including phenoxy) is 1. The zero-order valence-electron chi connectivity index (χ0n) is 24.4. The molecule has 6 heteroatoms. The molecule has 0 fully saturated rings. The Kier molecular flexibility index (Phi) is 6.77. The quantitative estimate of drug-likeness (QED) is 0.155. The molecule has 5 nitrogen and oxygen atoms in total. The lowest BCUT2D eigenvalue weighted by molar-refractivity contribution is 0.0620. The highest BCUT2D eigenvalue weighted by atomic mass is 32.2. The van der Waals surface area contributed by atoms with Gasteiger partial charge in [-0.3, -0.25) is 0 Å². The van der Waals surface area contributed by atoms with Crippen LogP contribution >= 0.6 is 11.8 Å². The van der Waals surface area contributed by atoms with Crippen molar-refractivity contribution in [3.63, 3.8) is 0 Å². The molecule has 0 radical (unpaired) electrons. The Hall–Kier alpha value is -3.90. The van der Waals surface area contributed by atoms with Crippen molar-refractivity contribution in [1.29, 1.82) is 0 Å². The summed E-state index contributed by atoms with van der Waals surface area (Å²) in [6.07, 6.45) is 0.871. The molecular weight excluding hydrogens is 526 g/mol. The number of aromatic hydroxyl groups is 1. The average molecular weight is 562 g/mol. The molecule has 0 saturated heterocycles. The zero-order chi connectivity index (χ0) is 28.9. The third-order valence-corrected chi connectivity index (χ3v) is 7.95. The molecule has 5 aromatic carbocycles. The van der Waals surface area contributed by atoms with Crippen LogP contribution in [0.2, 0.25) is 0 Å². The molecule has 1 N–H and O–H groups in total. The Morgan fingerprint density at radius 1 is 0.732 bits per heavy atom. The molecule has 0 unspecified atom stereocenters. The van der Waals surface area contributed by atoms with Crippen molar-refractivity contribution in [2.75, 3.05) is 5.75 Å². The van der Waals surface area contributed by atoms with Crippen molar-refractivity contribution in [2.45, 2.75) is 58.7 Å². The molecular formula is C35H35N3O2S. The minimum absolute atomic E-state index is 0.0778. The molecule has 208 valence electrons. The van der Waals surface area contributed by atoms with Gasteiger partial charge in [0, 0.05) is 11.6 Å². The summed E-state index contributed by atoms with van der Waals surface area (Å²) >= 11 is 1.56. The monoisotopic (exact) mass is 561 g/mol. The van der Waals surface area contributed by atoms with Crippen molar-refractivity contribution in [3.05, 3.63) is 72.8 Å². The van der Waals surface area contributed by atoms with E-state index in [0.29, 0.717) is 28.1 Å². The number of thioether (sulfide) groups is 1. The lowest BCUT2D eigenvalue weighted by Gasteiger charge is -2.33. The summed E-state index contributed by atoms with van der Waals surface area (Å²) in [4.78, 5) is 14.5. The van der Waals surface area contributed by atoms with Crippen LogP contribution in [-0.2, 0) is 0 Å². The molecule has 0 aliphatic carbocycles. The number of nitrogens with zero attached hydrogens (tertiary/aromatic N) is 3. The predicted octanol–water partition coefficient (Wildman–Crippen LogP) is 9.51. The number of phenolic OH excluding ortho intramolecular Hbond substituents is 1. The van der Waals surface area contributed by atoms with Crippen LogP contribution in [-0.4, -0.2) is 31.4 Å². The van der Waals surface area contributed by atoms with Gasteiger partial charge in [-0.2, -0.15) is 0 Å². The van der Waals surface area contributed by atoms with Crippen LogP contribution in [0, 0.1) is 5.41 Å². The van der Waals surface area contributed by atoms with Gasteiger partial charge in [0.1, 0.15) is 17.1 Å². The minimum atomic E-state index is -0.382. The van der Waals surface area contributed by atoms with Crippen molar-refractivity contribution in [1.82, 2.24) is 15.0 Å². The molecule has 0 spiro atoms. The second-order valence-corrected chi connectivity index (χ2v) is 13.7. The summed E-state index contributed by atoms with van der Waals surface area (Å²) < 4.78 is 6.29. The van der Waals surface area contributed by atoms with Gasteiger partial charge in [0.05, 0.1) is 5.56 Å². The molecule has 41 heavy (non-hydrogen) atoms. The standard InChI is InChI=1S/C35H35N3O2S/c1-7-41-33-37-31(26-17-14-23-12-11-21-9-8-10-22-13-16-25(26)30(23)29(21)22)36-32(38-33)27-18-15-24(19-28(27)39)40-35(5,6)20-34(2,3)4/h8-19,39H,7,20H2,1-6H3. The van der Waals surface area contributed by atoms with E-state index in [2.05, 4.69) is 96.1 Å². The molecule has 6 rings (SSSR count). The van der Waals surface area contributed by atoms with Crippen molar-refractivity contribution in [2.24, 2.45) is 5.41 Å². The molecule has 1 heterocycles. The van der Waals surface area contributed by atoms with Gasteiger partial charge < -0.3 is 9.84 Å². The van der Waals surface area contributed by atoms with E-state index in [1.54, 1.807) is 17.8 Å². The van der Waals surface area contributed by atoms with Crippen LogP contribution in [0.15, 0.2) is 78.0 Å². The number of aromatic nitrogens is 3. The SMILES string of the molecule is CCSc1nc(-c2ccc(OC(C)(C)CC(C)(C)C)cc2O)nc(-c2ccc3ccc4cccc5ccc2c3c45)n1. The lowest BCUT2D eigenvalue weighted by atomic mass is 9.83. The highest BCUT2D eigenvalue weighted by Gasteiger charge is 2.28. The Labute approximate surface area is 245 Å². The van der Waals surface area contributed by atoms with Crippen molar-refractivity contribution >= 4 is 44.1 Å². The van der Waals surface area contributed by atoms with Crippen molar-refractivity contribution < 1.29 is 9.84 Å². The van der Waals surface area contributed by atoms with Crippen LogP contribution in [0.25, 0.3) is 55.1 Å². The second-order valence-electron chi connectivity index (χ2n) is 12.4. The first kappa shape index (κ1) is 27.3. The smallest absolute Gasteiger partial charge is 0.191 e. The molecule has 0 aliphatic heterocycles. The molecule has 0 atom stereocenters. The topological polar surface area (TPSA) is 68.1 Å². The van der Waals surface area contributed by atoms with Crippen LogP contribution in [0.3, 0.4) is 0 Å². The maximum absolute atomic E-state index is 11.1. The van der Waals surface area contributed by atoms with E-state index in [4.69, 9.17) is 19.7 Å². The molecule has 6 aromatic rings. The molecule has 0 saturated carbocycles. The summed E-state index contributed by atoms with van der Waals surface area (Å²) in [7, 11) is 0. The van der Waals surface area contributed by atoms with E-state index >= 15 is 0 Å². The van der Waals surface area contributed by atoms with Crippen LogP contribution < -0.4 is 4.74 Å². The second kappa shape index (κ2) is 10.2. The van der Waals surface area contributed by atoms with Gasteiger partial charge >= 0.3 is 0 Å². The number of phenols is 1. The summed E-state index contributed by atoms with van der Waals surface area (Å²) in [6, 6.07) is 24.7. The molecule has 0 aliphatic rings.